The molecule has 2 aromatic rings. The van der Waals surface area contributed by atoms with Gasteiger partial charge in [-0.2, -0.15) is 11.3 Å². The largest absolute Gasteiger partial charge is 0.475 e. The summed E-state index contributed by atoms with van der Waals surface area (Å²) in [5.41, 5.74) is 0. The van der Waals surface area contributed by atoms with Crippen molar-refractivity contribution in [2.24, 2.45) is 0 Å². The Morgan fingerprint density at radius 1 is 1.50 bits per heavy atom. The maximum Gasteiger partial charge on any atom is 0.371 e. The lowest BCUT2D eigenvalue weighted by atomic mass is 10.5. The lowest BCUT2D eigenvalue weighted by Gasteiger charge is -1.79. The van der Waals surface area contributed by atoms with Crippen molar-refractivity contribution >= 4 is 33.2 Å². The molecule has 5 heteroatoms. The van der Waals surface area contributed by atoms with Crippen LogP contribution in [0.25, 0.3) is 0 Å². The van der Waals surface area contributed by atoms with Crippen LogP contribution in [0.2, 0.25) is 0 Å². The number of thiophene rings is 1. The summed E-state index contributed by atoms with van der Waals surface area (Å²) < 4.78 is 5.67. The number of hydrogen-bond donors (Lipinski definition) is 1. The first kappa shape index (κ1) is 11.0. The van der Waals surface area contributed by atoms with Crippen LogP contribution in [0.15, 0.2) is 44.1 Å². The third-order valence-electron chi connectivity index (χ3n) is 1.22. The minimum atomic E-state index is -1.03. The quantitative estimate of drug-likeness (QED) is 0.866. The molecular weight excluding hydrogens is 268 g/mol. The summed E-state index contributed by atoms with van der Waals surface area (Å²) in [5.74, 6) is -1.06. The molecule has 0 atom stereocenters. The highest BCUT2D eigenvalue weighted by Crippen LogP contribution is 2.11. The number of carboxylic acids is 1. The van der Waals surface area contributed by atoms with Crippen LogP contribution in [0, 0.1) is 0 Å². The van der Waals surface area contributed by atoms with Gasteiger partial charge in [0.15, 0.2) is 0 Å². The lowest BCUT2D eigenvalue weighted by Crippen LogP contribution is -1.90. The van der Waals surface area contributed by atoms with Crippen LogP contribution in [0.1, 0.15) is 10.6 Å². The highest BCUT2D eigenvalue weighted by Gasteiger charge is 2.01. The lowest BCUT2D eigenvalue weighted by molar-refractivity contribution is 0.0662. The number of carboxylic acid groups (broad SMARTS) is 1. The molecule has 0 saturated heterocycles. The molecule has 0 fully saturated rings. The van der Waals surface area contributed by atoms with Crippen molar-refractivity contribution in [3.8, 4) is 0 Å². The van der Waals surface area contributed by atoms with Gasteiger partial charge in [-0.05, 0) is 39.5 Å². The van der Waals surface area contributed by atoms with Gasteiger partial charge >= 0.3 is 5.97 Å². The minimum Gasteiger partial charge on any atom is -0.475 e. The van der Waals surface area contributed by atoms with Crippen molar-refractivity contribution in [3.05, 3.63) is 45.5 Å². The second-order valence-corrected chi connectivity index (χ2v) is 3.92. The fourth-order valence-electron chi connectivity index (χ4n) is 0.648. The SMILES string of the molecule is Brc1ccsc1.O=C(O)c1ccco1. The predicted octanol–water partition coefficient (Wildman–Crippen LogP) is 3.49. The van der Waals surface area contributed by atoms with Crippen LogP contribution in [-0.2, 0) is 0 Å². The number of hydrogen-bond acceptors (Lipinski definition) is 3. The van der Waals surface area contributed by atoms with E-state index in [1.807, 2.05) is 16.8 Å². The maximum atomic E-state index is 9.97. The van der Waals surface area contributed by atoms with Crippen LogP contribution in [0.3, 0.4) is 0 Å². The van der Waals surface area contributed by atoms with E-state index in [2.05, 4.69) is 20.3 Å². The van der Waals surface area contributed by atoms with E-state index in [1.54, 1.807) is 11.3 Å². The van der Waals surface area contributed by atoms with E-state index in [-0.39, 0.29) is 5.76 Å². The second-order valence-electron chi connectivity index (χ2n) is 2.22. The summed E-state index contributed by atoms with van der Waals surface area (Å²) in [7, 11) is 0. The second kappa shape index (κ2) is 5.62. The van der Waals surface area contributed by atoms with Crippen molar-refractivity contribution < 1.29 is 14.3 Å². The summed E-state index contributed by atoms with van der Waals surface area (Å²) in [4.78, 5) is 9.97. The molecule has 0 radical (unpaired) electrons. The van der Waals surface area contributed by atoms with Crippen molar-refractivity contribution in [1.29, 1.82) is 0 Å². The van der Waals surface area contributed by atoms with Crippen LogP contribution in [0.5, 0.6) is 0 Å². The van der Waals surface area contributed by atoms with Crippen molar-refractivity contribution in [2.45, 2.75) is 0 Å². The van der Waals surface area contributed by atoms with Crippen LogP contribution >= 0.6 is 27.3 Å². The Balaban J connectivity index is 0.000000146. The monoisotopic (exact) mass is 274 g/mol. The summed E-state index contributed by atoms with van der Waals surface area (Å²) in [6, 6.07) is 4.94. The molecule has 2 heterocycles. The van der Waals surface area contributed by atoms with Crippen LogP contribution in [-0.4, -0.2) is 11.1 Å². The van der Waals surface area contributed by atoms with Crippen molar-refractivity contribution in [1.82, 2.24) is 0 Å². The van der Waals surface area contributed by atoms with Gasteiger partial charge in [0.25, 0.3) is 0 Å². The number of furan rings is 1. The molecule has 0 aliphatic heterocycles. The third kappa shape index (κ3) is 3.76. The fraction of sp³-hybridized carbons (Fsp3) is 0. The maximum absolute atomic E-state index is 9.97. The zero-order valence-electron chi connectivity index (χ0n) is 7.01. The Morgan fingerprint density at radius 2 is 2.29 bits per heavy atom. The van der Waals surface area contributed by atoms with Gasteiger partial charge in [0, 0.05) is 9.85 Å². The van der Waals surface area contributed by atoms with Crippen molar-refractivity contribution in [2.75, 3.05) is 0 Å². The molecule has 0 aliphatic rings. The topological polar surface area (TPSA) is 50.4 Å². The smallest absolute Gasteiger partial charge is 0.371 e. The fourth-order valence-corrected chi connectivity index (χ4v) is 1.79. The Hall–Kier alpha value is -1.07. The van der Waals surface area contributed by atoms with Gasteiger partial charge in [-0.3, -0.25) is 0 Å². The minimum absolute atomic E-state index is 0.0231. The molecule has 3 nitrogen and oxygen atoms in total. The van der Waals surface area contributed by atoms with Crippen LogP contribution < -0.4 is 0 Å². The van der Waals surface area contributed by atoms with E-state index in [4.69, 9.17) is 5.11 Å². The summed E-state index contributed by atoms with van der Waals surface area (Å²) in [6.07, 6.45) is 1.32. The van der Waals surface area contributed by atoms with E-state index in [9.17, 15) is 4.79 Å². The zero-order chi connectivity index (χ0) is 10.4. The number of halogens is 1. The van der Waals surface area contributed by atoms with Gasteiger partial charge in [0.1, 0.15) is 0 Å². The molecule has 1 N–H and O–H groups in total. The summed E-state index contributed by atoms with van der Waals surface area (Å²) in [6.45, 7) is 0. The van der Waals surface area contributed by atoms with E-state index >= 15 is 0 Å². The Morgan fingerprint density at radius 3 is 2.50 bits per heavy atom. The van der Waals surface area contributed by atoms with Gasteiger partial charge in [-0.15, -0.1) is 0 Å². The number of rotatable bonds is 1. The van der Waals surface area contributed by atoms with Gasteiger partial charge in [0.05, 0.1) is 6.26 Å². The molecule has 0 saturated carbocycles. The Labute approximate surface area is 93.1 Å². The van der Waals surface area contributed by atoms with Gasteiger partial charge in [0.2, 0.25) is 5.76 Å². The van der Waals surface area contributed by atoms with E-state index < -0.39 is 5.97 Å². The van der Waals surface area contributed by atoms with Crippen LogP contribution in [0.4, 0.5) is 0 Å². The molecule has 0 amide bonds. The first-order valence-corrected chi connectivity index (χ1v) is 5.38. The molecule has 14 heavy (non-hydrogen) atoms. The number of carbonyl (C=O) groups is 1. The molecule has 0 unspecified atom stereocenters. The molecule has 74 valence electrons. The van der Waals surface area contributed by atoms with Gasteiger partial charge < -0.3 is 9.52 Å². The standard InChI is InChI=1S/C5H4O3.C4H3BrS/c6-5(7)4-2-1-3-8-4;5-4-1-2-6-3-4/h1-3H,(H,6,7);1-3H. The molecule has 0 aromatic carbocycles. The molecule has 2 aromatic heterocycles. The summed E-state index contributed by atoms with van der Waals surface area (Å²) >= 11 is 4.98. The van der Waals surface area contributed by atoms with E-state index in [0.29, 0.717) is 0 Å². The Bertz CT molecular complexity index is 367. The highest BCUT2D eigenvalue weighted by molar-refractivity contribution is 9.10. The number of aromatic carboxylic acids is 1. The van der Waals surface area contributed by atoms with Gasteiger partial charge in [-0.1, -0.05) is 0 Å². The first-order chi connectivity index (χ1) is 6.70. The van der Waals surface area contributed by atoms with E-state index in [0.717, 1.165) is 0 Å². The first-order valence-electron chi connectivity index (χ1n) is 3.64. The molecule has 2 rings (SSSR count). The molecular formula is C9H7BrO3S. The summed E-state index contributed by atoms with van der Waals surface area (Å²) in [5, 5.41) is 12.3. The van der Waals surface area contributed by atoms with Gasteiger partial charge in [-0.25, -0.2) is 4.79 Å². The Kier molecular flexibility index (Phi) is 4.42. The average molecular weight is 275 g/mol. The molecule has 0 bridgehead atoms. The normalized spacial score (nSPS) is 8.93. The van der Waals surface area contributed by atoms with E-state index in [1.165, 1.54) is 22.9 Å². The average Bonchev–Trinajstić information content (AvgIpc) is 2.75. The third-order valence-corrected chi connectivity index (χ3v) is 2.70. The van der Waals surface area contributed by atoms with Crippen molar-refractivity contribution in [3.63, 3.8) is 0 Å². The zero-order valence-corrected chi connectivity index (χ0v) is 9.42. The molecule has 0 spiro atoms. The highest BCUT2D eigenvalue weighted by atomic mass is 79.9. The molecule has 0 aliphatic carbocycles. The predicted molar refractivity (Wildman–Crippen MR) is 57.7 cm³/mol.